The summed E-state index contributed by atoms with van der Waals surface area (Å²) in [5.74, 6) is 0.422. The lowest BCUT2D eigenvalue weighted by Crippen LogP contribution is -2.10. The highest BCUT2D eigenvalue weighted by Crippen LogP contribution is 2.37. The molecular formula is C10H5BrCl2N2O3. The summed E-state index contributed by atoms with van der Waals surface area (Å²) in [7, 11) is 0. The zero-order chi connectivity index (χ0) is 13.3. The molecule has 8 heteroatoms. The van der Waals surface area contributed by atoms with E-state index < -0.39 is 10.6 Å². The van der Waals surface area contributed by atoms with E-state index in [-0.39, 0.29) is 14.9 Å². The second kappa shape index (κ2) is 5.17. The molecule has 18 heavy (non-hydrogen) atoms. The Hall–Kier alpha value is -1.24. The van der Waals surface area contributed by atoms with Gasteiger partial charge in [0.2, 0.25) is 0 Å². The number of nitro groups is 1. The molecule has 0 aromatic heterocycles. The van der Waals surface area contributed by atoms with Crippen molar-refractivity contribution in [3.05, 3.63) is 54.9 Å². The van der Waals surface area contributed by atoms with Gasteiger partial charge >= 0.3 is 5.70 Å². The molecule has 1 aliphatic heterocycles. The minimum atomic E-state index is -0.666. The molecule has 0 atom stereocenters. The van der Waals surface area contributed by atoms with Crippen LogP contribution < -0.4 is 10.1 Å². The SMILES string of the molecule is O=[N+]([O-])C(=C1\Nc2ccccc2O1)/C(Cl)=C(/Cl)Br. The number of nitrogens with one attached hydrogen (secondary N) is 1. The summed E-state index contributed by atoms with van der Waals surface area (Å²) in [6, 6.07) is 6.94. The van der Waals surface area contributed by atoms with Crippen molar-refractivity contribution in [2.45, 2.75) is 0 Å². The van der Waals surface area contributed by atoms with Crippen molar-refractivity contribution in [1.29, 1.82) is 0 Å². The lowest BCUT2D eigenvalue weighted by atomic mass is 10.3. The minimum absolute atomic E-state index is 0.0651. The maximum atomic E-state index is 11.0. The average Bonchev–Trinajstić information content (AvgIpc) is 2.71. The lowest BCUT2D eigenvalue weighted by Gasteiger charge is -2.02. The number of nitrogens with zero attached hydrogens (tertiary/aromatic N) is 1. The molecule has 0 saturated carbocycles. The minimum Gasteiger partial charge on any atom is -0.433 e. The standard InChI is InChI=1S/C10H5BrCl2N2O3/c11-9(13)7(12)8(15(16)17)10-14-5-3-1-2-4-6(5)18-10/h1-4,14H/b9-7-,10-8+. The number of hydrogen-bond acceptors (Lipinski definition) is 4. The van der Waals surface area contributed by atoms with Crippen molar-refractivity contribution in [1.82, 2.24) is 0 Å². The zero-order valence-electron chi connectivity index (χ0n) is 8.62. The van der Waals surface area contributed by atoms with Crippen LogP contribution in [-0.2, 0) is 0 Å². The first-order chi connectivity index (χ1) is 8.50. The topological polar surface area (TPSA) is 64.4 Å². The third-order valence-corrected chi connectivity index (χ3v) is 3.40. The van der Waals surface area contributed by atoms with Gasteiger partial charge in [0.25, 0.3) is 5.88 Å². The van der Waals surface area contributed by atoms with Gasteiger partial charge in [-0.05, 0) is 28.1 Å². The predicted octanol–water partition coefficient (Wildman–Crippen LogP) is 3.98. The molecular weight excluding hydrogens is 347 g/mol. The number of allylic oxidation sites excluding steroid dienone is 1. The number of halogens is 3. The summed E-state index contributed by atoms with van der Waals surface area (Å²) >= 11 is 14.3. The van der Waals surface area contributed by atoms with Crippen molar-refractivity contribution in [3.63, 3.8) is 0 Å². The number of rotatable bonds is 2. The van der Waals surface area contributed by atoms with Crippen LogP contribution >= 0.6 is 39.1 Å². The van der Waals surface area contributed by atoms with Crippen LogP contribution in [0.4, 0.5) is 5.69 Å². The van der Waals surface area contributed by atoms with Crippen LogP contribution in [0.3, 0.4) is 0 Å². The molecule has 1 aliphatic rings. The molecule has 1 aromatic rings. The summed E-state index contributed by atoms with van der Waals surface area (Å²) < 4.78 is 5.27. The van der Waals surface area contributed by atoms with Crippen LogP contribution in [0.1, 0.15) is 0 Å². The molecule has 0 unspecified atom stereocenters. The molecule has 0 saturated heterocycles. The molecule has 2 rings (SSSR count). The van der Waals surface area contributed by atoms with Crippen LogP contribution in [0.25, 0.3) is 0 Å². The summed E-state index contributed by atoms with van der Waals surface area (Å²) in [4.78, 5) is 10.3. The largest absolute Gasteiger partial charge is 0.433 e. The van der Waals surface area contributed by atoms with E-state index in [1.807, 2.05) is 0 Å². The Bertz CT molecular complexity index is 555. The van der Waals surface area contributed by atoms with Gasteiger partial charge in [-0.1, -0.05) is 35.3 Å². The third-order valence-electron chi connectivity index (χ3n) is 2.12. The van der Waals surface area contributed by atoms with E-state index >= 15 is 0 Å². The maximum Gasteiger partial charge on any atom is 0.349 e. The second-order valence-electron chi connectivity index (χ2n) is 3.23. The first kappa shape index (κ1) is 13.2. The van der Waals surface area contributed by atoms with E-state index in [1.165, 1.54) is 0 Å². The van der Waals surface area contributed by atoms with Gasteiger partial charge in [-0.15, -0.1) is 0 Å². The molecule has 1 heterocycles. The van der Waals surface area contributed by atoms with Crippen LogP contribution in [0.15, 0.2) is 44.8 Å². The summed E-state index contributed by atoms with van der Waals surface area (Å²) in [6.07, 6.45) is 0. The Labute approximate surface area is 120 Å². The molecule has 0 fully saturated rings. The van der Waals surface area contributed by atoms with E-state index in [1.54, 1.807) is 24.3 Å². The highest BCUT2D eigenvalue weighted by atomic mass is 79.9. The molecule has 0 bridgehead atoms. The third kappa shape index (κ3) is 2.45. The van der Waals surface area contributed by atoms with Crippen molar-refractivity contribution >= 4 is 44.8 Å². The number of anilines is 1. The fourth-order valence-corrected chi connectivity index (χ4v) is 1.81. The molecule has 0 spiro atoms. The van der Waals surface area contributed by atoms with Gasteiger partial charge in [0.15, 0.2) is 5.75 Å². The quantitative estimate of drug-likeness (QED) is 0.646. The number of ether oxygens (including phenoxy) is 1. The van der Waals surface area contributed by atoms with E-state index in [0.29, 0.717) is 11.4 Å². The summed E-state index contributed by atoms with van der Waals surface area (Å²) in [6.45, 7) is 0. The van der Waals surface area contributed by atoms with Crippen molar-refractivity contribution in [2.75, 3.05) is 5.32 Å². The van der Waals surface area contributed by atoms with E-state index in [9.17, 15) is 10.1 Å². The van der Waals surface area contributed by atoms with E-state index in [4.69, 9.17) is 27.9 Å². The molecule has 1 N–H and O–H groups in total. The van der Waals surface area contributed by atoms with E-state index in [2.05, 4.69) is 21.2 Å². The summed E-state index contributed by atoms with van der Waals surface area (Å²) in [5.41, 5.74) is 0.191. The van der Waals surface area contributed by atoms with Gasteiger partial charge in [0, 0.05) is 0 Å². The highest BCUT2D eigenvalue weighted by molar-refractivity contribution is 9.12. The summed E-state index contributed by atoms with van der Waals surface area (Å²) in [5, 5.41) is 13.5. The predicted molar refractivity (Wildman–Crippen MR) is 72.4 cm³/mol. The lowest BCUT2D eigenvalue weighted by molar-refractivity contribution is -0.422. The van der Waals surface area contributed by atoms with Gasteiger partial charge in [0.05, 0.1) is 10.6 Å². The normalized spacial score (nSPS) is 17.3. The molecule has 94 valence electrons. The van der Waals surface area contributed by atoms with Crippen LogP contribution in [0.5, 0.6) is 5.75 Å². The first-order valence-electron chi connectivity index (χ1n) is 4.64. The van der Waals surface area contributed by atoms with Gasteiger partial charge < -0.3 is 10.1 Å². The highest BCUT2D eigenvalue weighted by Gasteiger charge is 2.31. The Morgan fingerprint density at radius 1 is 1.39 bits per heavy atom. The van der Waals surface area contributed by atoms with Gasteiger partial charge in [-0.25, -0.2) is 0 Å². The molecule has 5 nitrogen and oxygen atoms in total. The smallest absolute Gasteiger partial charge is 0.349 e. The van der Waals surface area contributed by atoms with Gasteiger partial charge in [0.1, 0.15) is 8.97 Å². The Kier molecular flexibility index (Phi) is 3.79. The number of fused-ring (bicyclic) bond motifs is 1. The Morgan fingerprint density at radius 2 is 2.06 bits per heavy atom. The number of benzene rings is 1. The molecule has 1 aromatic carbocycles. The zero-order valence-corrected chi connectivity index (χ0v) is 11.7. The average molecular weight is 352 g/mol. The van der Waals surface area contributed by atoms with Crippen LogP contribution in [-0.4, -0.2) is 4.92 Å². The Morgan fingerprint density at radius 3 is 2.61 bits per heavy atom. The van der Waals surface area contributed by atoms with Gasteiger partial charge in [-0.2, -0.15) is 0 Å². The van der Waals surface area contributed by atoms with Crippen molar-refractivity contribution in [3.8, 4) is 5.75 Å². The molecule has 0 aliphatic carbocycles. The molecule has 0 radical (unpaired) electrons. The maximum absolute atomic E-state index is 11.0. The van der Waals surface area contributed by atoms with Crippen LogP contribution in [0, 0.1) is 10.1 Å². The number of hydrogen-bond donors (Lipinski definition) is 1. The van der Waals surface area contributed by atoms with Gasteiger partial charge in [-0.3, -0.25) is 10.1 Å². The van der Waals surface area contributed by atoms with Crippen molar-refractivity contribution in [2.24, 2.45) is 0 Å². The van der Waals surface area contributed by atoms with E-state index in [0.717, 1.165) is 0 Å². The van der Waals surface area contributed by atoms with Crippen LogP contribution in [0.2, 0.25) is 0 Å². The van der Waals surface area contributed by atoms with Crippen molar-refractivity contribution < 1.29 is 9.66 Å². The Balaban J connectivity index is 2.49. The first-order valence-corrected chi connectivity index (χ1v) is 6.19. The second-order valence-corrected chi connectivity index (χ2v) is 5.24. The fourth-order valence-electron chi connectivity index (χ4n) is 1.38. The molecule has 0 amide bonds. The number of para-hydroxylation sites is 2. The monoisotopic (exact) mass is 350 g/mol. The fraction of sp³-hybridized carbons (Fsp3) is 0.